The molecule has 0 spiro atoms. The monoisotopic (exact) mass is 373 g/mol. The molecule has 0 unspecified atom stereocenters. The first-order valence-corrected chi connectivity index (χ1v) is 7.57. The molecule has 0 atom stereocenters. The molecular weight excluding hydrogens is 361 g/mol. The van der Waals surface area contributed by atoms with Gasteiger partial charge < -0.3 is 0 Å². The van der Waals surface area contributed by atoms with Gasteiger partial charge in [-0.05, 0) is 53.6 Å². The van der Waals surface area contributed by atoms with Crippen molar-refractivity contribution in [2.24, 2.45) is 0 Å². The maximum atomic E-state index is 6.12. The molecule has 2 aromatic rings. The van der Waals surface area contributed by atoms with Gasteiger partial charge in [0, 0.05) is 15.1 Å². The van der Waals surface area contributed by atoms with Crippen LogP contribution in [0.25, 0.3) is 11.4 Å². The highest BCUT2D eigenvalue weighted by molar-refractivity contribution is 14.1. The first-order chi connectivity index (χ1) is 8.74. The van der Waals surface area contributed by atoms with Crippen LogP contribution in [0.15, 0.2) is 18.2 Å². The second-order valence-corrected chi connectivity index (χ2v) is 6.22. The van der Waals surface area contributed by atoms with Crippen LogP contribution in [0.2, 0.25) is 5.02 Å². The van der Waals surface area contributed by atoms with Crippen molar-refractivity contribution >= 4 is 34.2 Å². The Morgan fingerprint density at radius 2 is 2.06 bits per heavy atom. The van der Waals surface area contributed by atoms with Crippen LogP contribution in [0.4, 0.5) is 0 Å². The van der Waals surface area contributed by atoms with E-state index in [1.165, 1.54) is 25.7 Å². The Morgan fingerprint density at radius 3 is 2.78 bits per heavy atom. The van der Waals surface area contributed by atoms with Crippen molar-refractivity contribution in [3.05, 3.63) is 32.6 Å². The third kappa shape index (κ3) is 2.40. The van der Waals surface area contributed by atoms with Gasteiger partial charge in [0.1, 0.15) is 5.82 Å². The molecule has 0 radical (unpaired) electrons. The number of halogens is 2. The summed E-state index contributed by atoms with van der Waals surface area (Å²) >= 11 is 8.34. The summed E-state index contributed by atoms with van der Waals surface area (Å²) in [5.41, 5.74) is 0.973. The average Bonchev–Trinajstić information content (AvgIpc) is 3.01. The molecule has 0 bridgehead atoms. The Kier molecular flexibility index (Phi) is 3.56. The molecule has 94 valence electrons. The molecular formula is C13H13ClIN3. The molecule has 1 saturated carbocycles. The molecule has 1 aromatic carbocycles. The number of aromatic amines is 1. The van der Waals surface area contributed by atoms with Gasteiger partial charge in [-0.2, -0.15) is 5.10 Å². The smallest absolute Gasteiger partial charge is 0.181 e. The lowest BCUT2D eigenvalue weighted by Crippen LogP contribution is -1.94. The summed E-state index contributed by atoms with van der Waals surface area (Å²) in [6, 6.07) is 5.92. The van der Waals surface area contributed by atoms with Crippen molar-refractivity contribution < 1.29 is 0 Å². The predicted octanol–water partition coefficient (Wildman–Crippen LogP) is 4.39. The van der Waals surface area contributed by atoms with Crippen molar-refractivity contribution in [3.8, 4) is 11.4 Å². The zero-order valence-corrected chi connectivity index (χ0v) is 12.7. The van der Waals surface area contributed by atoms with E-state index in [-0.39, 0.29) is 0 Å². The fourth-order valence-electron chi connectivity index (χ4n) is 2.42. The van der Waals surface area contributed by atoms with Crippen LogP contribution in [0.3, 0.4) is 0 Å². The van der Waals surface area contributed by atoms with Crippen molar-refractivity contribution in [2.45, 2.75) is 31.6 Å². The standard InChI is InChI=1S/C13H13ClIN3/c14-10-7-9(5-6-11(10)15)13-16-12(17-18-13)8-3-1-2-4-8/h5-8H,1-4H2,(H,16,17,18). The molecule has 1 aromatic heterocycles. The van der Waals surface area contributed by atoms with Gasteiger partial charge in [0.2, 0.25) is 0 Å². The maximum absolute atomic E-state index is 6.12. The van der Waals surface area contributed by atoms with E-state index in [1.807, 2.05) is 18.2 Å². The molecule has 3 rings (SSSR count). The Hall–Kier alpha value is -0.620. The lowest BCUT2D eigenvalue weighted by atomic mass is 10.1. The third-order valence-electron chi connectivity index (χ3n) is 3.42. The maximum Gasteiger partial charge on any atom is 0.181 e. The van der Waals surface area contributed by atoms with Crippen LogP contribution in [0, 0.1) is 3.57 Å². The first-order valence-electron chi connectivity index (χ1n) is 6.12. The second-order valence-electron chi connectivity index (χ2n) is 4.65. The zero-order chi connectivity index (χ0) is 12.5. The molecule has 0 amide bonds. The molecule has 0 saturated heterocycles. The lowest BCUT2D eigenvalue weighted by molar-refractivity contribution is 0.672. The number of rotatable bonds is 2. The molecule has 1 aliphatic carbocycles. The van der Waals surface area contributed by atoms with E-state index in [9.17, 15) is 0 Å². The van der Waals surface area contributed by atoms with Gasteiger partial charge in [-0.25, -0.2) is 4.98 Å². The van der Waals surface area contributed by atoms with E-state index in [4.69, 9.17) is 11.6 Å². The summed E-state index contributed by atoms with van der Waals surface area (Å²) in [6.07, 6.45) is 5.05. The summed E-state index contributed by atoms with van der Waals surface area (Å²) < 4.78 is 1.05. The fourth-order valence-corrected chi connectivity index (χ4v) is 2.94. The van der Waals surface area contributed by atoms with Crippen molar-refractivity contribution in [3.63, 3.8) is 0 Å². The van der Waals surface area contributed by atoms with E-state index in [1.54, 1.807) is 0 Å². The highest BCUT2D eigenvalue weighted by atomic mass is 127. The summed E-state index contributed by atoms with van der Waals surface area (Å²) in [5.74, 6) is 2.33. The summed E-state index contributed by atoms with van der Waals surface area (Å²) in [6.45, 7) is 0. The van der Waals surface area contributed by atoms with Gasteiger partial charge in [0.25, 0.3) is 0 Å². The molecule has 18 heavy (non-hydrogen) atoms. The van der Waals surface area contributed by atoms with Crippen LogP contribution in [-0.2, 0) is 0 Å². The second kappa shape index (κ2) is 5.17. The number of hydrogen-bond donors (Lipinski definition) is 1. The van der Waals surface area contributed by atoms with Crippen LogP contribution in [-0.4, -0.2) is 15.2 Å². The molecule has 0 aliphatic heterocycles. The fraction of sp³-hybridized carbons (Fsp3) is 0.385. The van der Waals surface area contributed by atoms with Crippen LogP contribution >= 0.6 is 34.2 Å². The largest absolute Gasteiger partial charge is 0.262 e. The van der Waals surface area contributed by atoms with Gasteiger partial charge in [0.15, 0.2) is 5.82 Å². The number of nitrogens with zero attached hydrogens (tertiary/aromatic N) is 2. The molecule has 1 N–H and O–H groups in total. The van der Waals surface area contributed by atoms with Gasteiger partial charge in [-0.1, -0.05) is 24.4 Å². The van der Waals surface area contributed by atoms with Crippen LogP contribution in [0.1, 0.15) is 37.4 Å². The SMILES string of the molecule is Clc1cc(-c2n[nH]c(C3CCCC3)n2)ccc1I. The highest BCUT2D eigenvalue weighted by Gasteiger charge is 2.20. The van der Waals surface area contributed by atoms with Gasteiger partial charge in [0.05, 0.1) is 5.02 Å². The van der Waals surface area contributed by atoms with Crippen molar-refractivity contribution in [1.82, 2.24) is 15.2 Å². The summed E-state index contributed by atoms with van der Waals surface area (Å²) in [5, 5.41) is 8.13. The molecule has 1 heterocycles. The Morgan fingerprint density at radius 1 is 1.28 bits per heavy atom. The van der Waals surface area contributed by atoms with E-state index < -0.39 is 0 Å². The summed E-state index contributed by atoms with van der Waals surface area (Å²) in [4.78, 5) is 4.61. The predicted molar refractivity (Wildman–Crippen MR) is 80.8 cm³/mol. The molecule has 1 aliphatic rings. The topological polar surface area (TPSA) is 41.6 Å². The van der Waals surface area contributed by atoms with E-state index in [0.29, 0.717) is 5.92 Å². The average molecular weight is 374 g/mol. The molecule has 3 nitrogen and oxygen atoms in total. The molecule has 5 heteroatoms. The van der Waals surface area contributed by atoms with E-state index in [0.717, 1.165) is 25.8 Å². The van der Waals surface area contributed by atoms with E-state index in [2.05, 4.69) is 37.8 Å². The zero-order valence-electron chi connectivity index (χ0n) is 9.79. The minimum atomic E-state index is 0.561. The third-order valence-corrected chi connectivity index (χ3v) is 4.99. The Labute approximate surface area is 124 Å². The number of benzene rings is 1. The first kappa shape index (κ1) is 12.4. The van der Waals surface area contributed by atoms with Crippen LogP contribution in [0.5, 0.6) is 0 Å². The molecule has 1 fully saturated rings. The lowest BCUT2D eigenvalue weighted by Gasteiger charge is -2.02. The van der Waals surface area contributed by atoms with Gasteiger partial charge >= 0.3 is 0 Å². The van der Waals surface area contributed by atoms with Crippen LogP contribution < -0.4 is 0 Å². The normalized spacial score (nSPS) is 16.3. The van der Waals surface area contributed by atoms with Gasteiger partial charge in [-0.3, -0.25) is 5.10 Å². The number of H-pyrrole nitrogens is 1. The Balaban J connectivity index is 1.89. The quantitative estimate of drug-likeness (QED) is 0.793. The number of aromatic nitrogens is 3. The van der Waals surface area contributed by atoms with E-state index >= 15 is 0 Å². The summed E-state index contributed by atoms with van der Waals surface area (Å²) in [7, 11) is 0. The number of hydrogen-bond acceptors (Lipinski definition) is 2. The van der Waals surface area contributed by atoms with Gasteiger partial charge in [-0.15, -0.1) is 0 Å². The Bertz CT molecular complexity index is 561. The van der Waals surface area contributed by atoms with Crippen molar-refractivity contribution in [1.29, 1.82) is 0 Å². The highest BCUT2D eigenvalue weighted by Crippen LogP contribution is 2.33. The van der Waals surface area contributed by atoms with Crippen molar-refractivity contribution in [2.75, 3.05) is 0 Å². The number of nitrogens with one attached hydrogen (secondary N) is 1. The minimum absolute atomic E-state index is 0.561. The minimum Gasteiger partial charge on any atom is -0.262 e.